The van der Waals surface area contributed by atoms with Gasteiger partial charge in [0.25, 0.3) is 5.69 Å². The maximum Gasteiger partial charge on any atom is 0.341 e. The number of rotatable bonds is 12. The van der Waals surface area contributed by atoms with Crippen LogP contribution in [-0.4, -0.2) is 89.7 Å². The van der Waals surface area contributed by atoms with E-state index in [1.165, 1.54) is 45.1 Å². The summed E-state index contributed by atoms with van der Waals surface area (Å²) in [7, 11) is 5.46. The minimum Gasteiger partial charge on any atom is -0.496 e. The second-order valence-electron chi connectivity index (χ2n) is 12.5. The molecule has 2 amide bonds. The molecule has 0 unspecified atom stereocenters. The van der Waals surface area contributed by atoms with Gasteiger partial charge in [0.05, 0.1) is 45.2 Å². The van der Waals surface area contributed by atoms with E-state index < -0.39 is 71.4 Å². The highest BCUT2D eigenvalue weighted by Crippen LogP contribution is 2.54. The Hall–Kier alpha value is -6.06. The van der Waals surface area contributed by atoms with Crippen molar-refractivity contribution in [3.8, 4) is 34.5 Å². The molecule has 3 aromatic carbocycles. The number of carboxylic acid groups (broad SMARTS) is 2. The fourth-order valence-corrected chi connectivity index (χ4v) is 6.78. The number of aliphatic carboxylic acids is 2. The van der Waals surface area contributed by atoms with Crippen molar-refractivity contribution < 1.29 is 58.0 Å². The third-order valence-corrected chi connectivity index (χ3v) is 9.24. The van der Waals surface area contributed by atoms with E-state index >= 15 is 0 Å². The van der Waals surface area contributed by atoms with Crippen molar-refractivity contribution in [2.75, 3.05) is 35.0 Å². The van der Waals surface area contributed by atoms with Gasteiger partial charge in [-0.2, -0.15) is 0 Å². The molecular weight excluding hydrogens is 670 g/mol. The van der Waals surface area contributed by atoms with Gasteiger partial charge in [0, 0.05) is 46.3 Å². The lowest BCUT2D eigenvalue weighted by Gasteiger charge is -2.37. The number of methoxy groups -OCH3 is 3. The molecule has 0 radical (unpaired) electrons. The first kappa shape index (κ1) is 36.2. The van der Waals surface area contributed by atoms with Crippen molar-refractivity contribution in [2.45, 2.75) is 51.2 Å². The van der Waals surface area contributed by atoms with Gasteiger partial charge in [-0.1, -0.05) is 26.0 Å². The molecule has 16 nitrogen and oxygen atoms in total. The van der Waals surface area contributed by atoms with E-state index in [1.54, 1.807) is 24.3 Å². The lowest BCUT2D eigenvalue weighted by molar-refractivity contribution is -0.385. The van der Waals surface area contributed by atoms with Crippen LogP contribution in [0.5, 0.6) is 34.5 Å². The number of hydrogen-bond donors (Lipinski definition) is 2. The first-order valence-electron chi connectivity index (χ1n) is 15.7. The highest BCUT2D eigenvalue weighted by atomic mass is 16.6. The van der Waals surface area contributed by atoms with Gasteiger partial charge < -0.3 is 43.7 Å². The molecular formula is C35H37N3O13. The van der Waals surface area contributed by atoms with Crippen LogP contribution in [0.25, 0.3) is 0 Å². The number of amides is 2. The average Bonchev–Trinajstić information content (AvgIpc) is 3.30. The topological polar surface area (TPSA) is 205 Å². The van der Waals surface area contributed by atoms with E-state index in [2.05, 4.69) is 0 Å². The first-order valence-corrected chi connectivity index (χ1v) is 15.7. The maximum absolute atomic E-state index is 14.6. The van der Waals surface area contributed by atoms with Crippen LogP contribution in [-0.2, 0) is 37.4 Å². The average molecular weight is 708 g/mol. The number of benzene rings is 3. The highest BCUT2D eigenvalue weighted by Gasteiger charge is 2.48. The van der Waals surface area contributed by atoms with Crippen LogP contribution in [0, 0.1) is 10.1 Å². The zero-order chi connectivity index (χ0) is 37.5. The van der Waals surface area contributed by atoms with Gasteiger partial charge in [0.1, 0.15) is 35.2 Å². The number of carboxylic acids is 2. The summed E-state index contributed by atoms with van der Waals surface area (Å²) in [5.74, 6) is -2.83. The van der Waals surface area contributed by atoms with Gasteiger partial charge >= 0.3 is 11.9 Å². The standard InChI is InChI=1S/C35H37N3O13/c1-17-34(44)36(4)33(21-12-18(38(45)46)13-26(49-7)32(21)50-16-29(42)43)37(17)27(39)14-19-24(47-5)10-8-22-30(19)51-31-20(15-28(40)41)25(48-6)11-9-23(31)35(22,2)3/h8-13,17,33H,14-16H2,1-7H3,(H,40,41)(H,42,43)/t17-,33+/m0/s1. The Morgan fingerprint density at radius 1 is 0.902 bits per heavy atom. The van der Waals surface area contributed by atoms with Crippen molar-refractivity contribution in [3.63, 3.8) is 0 Å². The number of nitro benzene ring substituents is 1. The normalized spacial score (nSPS) is 17.2. The zero-order valence-corrected chi connectivity index (χ0v) is 29.0. The number of hydrogen-bond acceptors (Lipinski definition) is 11. The molecule has 1 fully saturated rings. The predicted molar refractivity (Wildman–Crippen MR) is 178 cm³/mol. The summed E-state index contributed by atoms with van der Waals surface area (Å²) in [6.07, 6.45) is -2.08. The van der Waals surface area contributed by atoms with Crippen LogP contribution in [0.4, 0.5) is 5.69 Å². The summed E-state index contributed by atoms with van der Waals surface area (Å²) in [4.78, 5) is 65.1. The van der Waals surface area contributed by atoms with Gasteiger partial charge in [0.15, 0.2) is 18.1 Å². The Labute approximate surface area is 292 Å². The molecule has 2 N–H and O–H groups in total. The zero-order valence-electron chi connectivity index (χ0n) is 29.0. The van der Waals surface area contributed by atoms with E-state index in [9.17, 15) is 39.5 Å². The Balaban J connectivity index is 1.66. The van der Waals surface area contributed by atoms with Crippen LogP contribution < -0.4 is 23.7 Å². The summed E-state index contributed by atoms with van der Waals surface area (Å²) < 4.78 is 28.6. The van der Waals surface area contributed by atoms with E-state index in [1.807, 2.05) is 13.8 Å². The Kier molecular flexibility index (Phi) is 9.72. The fourth-order valence-electron chi connectivity index (χ4n) is 6.78. The third kappa shape index (κ3) is 6.28. The van der Waals surface area contributed by atoms with E-state index in [0.717, 1.165) is 12.1 Å². The van der Waals surface area contributed by atoms with Gasteiger partial charge in [-0.3, -0.25) is 24.5 Å². The quantitative estimate of drug-likeness (QED) is 0.201. The summed E-state index contributed by atoms with van der Waals surface area (Å²) >= 11 is 0. The number of non-ortho nitro benzene ring substituents is 1. The van der Waals surface area contributed by atoms with Crippen molar-refractivity contribution in [1.29, 1.82) is 0 Å². The van der Waals surface area contributed by atoms with Crippen LogP contribution in [0.1, 0.15) is 54.8 Å². The van der Waals surface area contributed by atoms with Crippen LogP contribution in [0.2, 0.25) is 0 Å². The lowest BCUT2D eigenvalue weighted by Crippen LogP contribution is -2.39. The van der Waals surface area contributed by atoms with Crippen LogP contribution in [0.15, 0.2) is 36.4 Å². The fraction of sp³-hybridized carbons (Fsp3) is 0.371. The number of likely N-dealkylation sites (N-methyl/N-ethyl adjacent to an activating group) is 1. The molecule has 270 valence electrons. The molecule has 2 aliphatic rings. The number of fused-ring (bicyclic) bond motifs is 2. The molecule has 0 saturated carbocycles. The second kappa shape index (κ2) is 13.7. The monoisotopic (exact) mass is 707 g/mol. The molecule has 0 spiro atoms. The van der Waals surface area contributed by atoms with Crippen LogP contribution >= 0.6 is 0 Å². The SMILES string of the molecule is COc1ccc2c(c1CC(=O)O)Oc1c(ccc(OC)c1CC(=O)N1[C@H](c3cc([N+](=O)[O-])cc(OC)c3OCC(=O)O)N(C)C(=O)[C@@H]1C)C2(C)C. The number of carbonyl (C=O) groups excluding carboxylic acids is 2. The van der Waals surface area contributed by atoms with Gasteiger partial charge in [-0.05, 0) is 19.1 Å². The molecule has 0 bridgehead atoms. The van der Waals surface area contributed by atoms with E-state index in [4.69, 9.17) is 23.7 Å². The molecule has 1 saturated heterocycles. The number of carbonyl (C=O) groups is 4. The molecule has 5 rings (SSSR count). The van der Waals surface area contributed by atoms with Crippen molar-refractivity contribution in [3.05, 3.63) is 74.3 Å². The maximum atomic E-state index is 14.6. The largest absolute Gasteiger partial charge is 0.496 e. The summed E-state index contributed by atoms with van der Waals surface area (Å²) in [5.41, 5.74) is 0.736. The Morgan fingerprint density at radius 3 is 1.94 bits per heavy atom. The predicted octanol–water partition coefficient (Wildman–Crippen LogP) is 4.07. The smallest absolute Gasteiger partial charge is 0.341 e. The Morgan fingerprint density at radius 2 is 1.45 bits per heavy atom. The minimum atomic E-state index is -1.34. The van der Waals surface area contributed by atoms with Gasteiger partial charge in [0.2, 0.25) is 11.8 Å². The number of nitro groups is 1. The molecule has 2 aliphatic heterocycles. The summed E-state index contributed by atoms with van der Waals surface area (Å²) in [5, 5.41) is 31.0. The molecule has 2 atom stereocenters. The third-order valence-electron chi connectivity index (χ3n) is 9.24. The first-order chi connectivity index (χ1) is 24.1. The molecule has 3 aromatic rings. The second-order valence-corrected chi connectivity index (χ2v) is 12.5. The molecule has 0 aliphatic carbocycles. The van der Waals surface area contributed by atoms with Crippen molar-refractivity contribution in [1.82, 2.24) is 9.80 Å². The molecule has 51 heavy (non-hydrogen) atoms. The minimum absolute atomic E-state index is 0.0466. The van der Waals surface area contributed by atoms with Crippen molar-refractivity contribution >= 4 is 29.4 Å². The van der Waals surface area contributed by atoms with E-state index in [-0.39, 0.29) is 34.3 Å². The van der Waals surface area contributed by atoms with Gasteiger partial charge in [-0.15, -0.1) is 0 Å². The van der Waals surface area contributed by atoms with Gasteiger partial charge in [-0.25, -0.2) is 4.79 Å². The highest BCUT2D eigenvalue weighted by molar-refractivity contribution is 5.93. The summed E-state index contributed by atoms with van der Waals surface area (Å²) in [6.45, 7) is 4.53. The molecule has 2 heterocycles. The molecule has 0 aromatic heterocycles. The lowest BCUT2D eigenvalue weighted by atomic mass is 9.74. The molecule has 16 heteroatoms. The summed E-state index contributed by atoms with van der Waals surface area (Å²) in [6, 6.07) is 8.06. The van der Waals surface area contributed by atoms with Crippen molar-refractivity contribution in [2.24, 2.45) is 0 Å². The van der Waals surface area contributed by atoms with Crippen LogP contribution in [0.3, 0.4) is 0 Å². The Bertz CT molecular complexity index is 1960. The number of nitrogens with zero attached hydrogens (tertiary/aromatic N) is 3. The number of ether oxygens (including phenoxy) is 5. The van der Waals surface area contributed by atoms with E-state index in [0.29, 0.717) is 28.0 Å².